The van der Waals surface area contributed by atoms with E-state index in [1.807, 2.05) is 0 Å². The summed E-state index contributed by atoms with van der Waals surface area (Å²) in [7, 11) is 0. The van der Waals surface area contributed by atoms with Crippen LogP contribution in [0.5, 0.6) is 11.6 Å². The summed E-state index contributed by atoms with van der Waals surface area (Å²) in [4.78, 5) is 29.4. The topological polar surface area (TPSA) is 71.5 Å². The molecule has 0 saturated carbocycles. The fraction of sp³-hybridized carbons (Fsp3) is 0.278. The van der Waals surface area contributed by atoms with Gasteiger partial charge in [0.25, 0.3) is 5.24 Å². The van der Waals surface area contributed by atoms with Crippen molar-refractivity contribution in [2.24, 2.45) is 0 Å². The Morgan fingerprint density at radius 1 is 1.35 bits per heavy atom. The van der Waals surface area contributed by atoms with Gasteiger partial charge in [0.15, 0.2) is 0 Å². The van der Waals surface area contributed by atoms with Gasteiger partial charge in [-0.15, -0.1) is 0 Å². The Labute approximate surface area is 154 Å². The number of halogens is 1. The summed E-state index contributed by atoms with van der Waals surface area (Å²) < 4.78 is 18.9. The van der Waals surface area contributed by atoms with Crippen molar-refractivity contribution in [1.82, 2.24) is 15.2 Å². The van der Waals surface area contributed by atoms with Gasteiger partial charge in [-0.1, -0.05) is 23.9 Å². The van der Waals surface area contributed by atoms with Gasteiger partial charge in [0, 0.05) is 49.6 Å². The standard InChI is InChI=1S/C18H18FN3O3S/c19-14-4-1-5-15(11-14)25-17-13(3-2-7-20-17)12-21-16(23)6-8-22-9-10-26-18(22)24/h1-5,7,11H,6,8-10,12H2,(H,21,23). The molecule has 0 unspecified atom stereocenters. The Morgan fingerprint density at radius 3 is 3.00 bits per heavy atom. The summed E-state index contributed by atoms with van der Waals surface area (Å²) in [6.07, 6.45) is 1.81. The second-order valence-electron chi connectivity index (χ2n) is 5.66. The number of nitrogens with zero attached hydrogens (tertiary/aromatic N) is 2. The molecule has 2 amide bonds. The molecule has 3 rings (SSSR count). The minimum atomic E-state index is -0.400. The van der Waals surface area contributed by atoms with E-state index < -0.39 is 5.82 Å². The van der Waals surface area contributed by atoms with Crippen LogP contribution in [0.3, 0.4) is 0 Å². The second-order valence-corrected chi connectivity index (χ2v) is 6.70. The lowest BCUT2D eigenvalue weighted by atomic mass is 10.2. The summed E-state index contributed by atoms with van der Waals surface area (Å²) in [6.45, 7) is 1.34. The number of ether oxygens (including phenoxy) is 1. The van der Waals surface area contributed by atoms with Crippen LogP contribution in [-0.2, 0) is 11.3 Å². The first-order chi connectivity index (χ1) is 12.6. The maximum absolute atomic E-state index is 13.3. The number of hydrogen-bond donors (Lipinski definition) is 1. The van der Waals surface area contributed by atoms with Crippen LogP contribution in [0.15, 0.2) is 42.6 Å². The number of carbonyl (C=O) groups excluding carboxylic acids is 2. The van der Waals surface area contributed by atoms with Crippen molar-refractivity contribution < 1.29 is 18.7 Å². The highest BCUT2D eigenvalue weighted by Crippen LogP contribution is 2.23. The normalized spacial score (nSPS) is 13.7. The summed E-state index contributed by atoms with van der Waals surface area (Å²) in [5.74, 6) is 0.862. The lowest BCUT2D eigenvalue weighted by molar-refractivity contribution is -0.121. The van der Waals surface area contributed by atoms with Crippen molar-refractivity contribution >= 4 is 22.9 Å². The molecule has 6 nitrogen and oxygen atoms in total. The van der Waals surface area contributed by atoms with E-state index in [9.17, 15) is 14.0 Å². The molecule has 26 heavy (non-hydrogen) atoms. The van der Waals surface area contributed by atoms with Gasteiger partial charge in [-0.2, -0.15) is 0 Å². The molecule has 8 heteroatoms. The molecule has 136 valence electrons. The van der Waals surface area contributed by atoms with E-state index in [0.29, 0.717) is 30.3 Å². The van der Waals surface area contributed by atoms with Gasteiger partial charge in [-0.3, -0.25) is 9.59 Å². The number of aromatic nitrogens is 1. The second kappa shape index (κ2) is 8.66. The lowest BCUT2D eigenvalue weighted by Crippen LogP contribution is -2.30. The van der Waals surface area contributed by atoms with Crippen LogP contribution in [0.4, 0.5) is 9.18 Å². The number of benzene rings is 1. The summed E-state index contributed by atoms with van der Waals surface area (Å²) in [6, 6.07) is 9.29. The smallest absolute Gasteiger partial charge is 0.281 e. The number of amides is 2. The molecule has 1 aliphatic rings. The maximum Gasteiger partial charge on any atom is 0.281 e. The molecule has 1 fully saturated rings. The van der Waals surface area contributed by atoms with E-state index in [1.54, 1.807) is 35.4 Å². The zero-order valence-electron chi connectivity index (χ0n) is 14.0. The van der Waals surface area contributed by atoms with Crippen molar-refractivity contribution in [1.29, 1.82) is 0 Å². The molecule has 0 atom stereocenters. The molecular formula is C18H18FN3O3S. The van der Waals surface area contributed by atoms with Gasteiger partial charge in [0.05, 0.1) is 0 Å². The molecule has 2 heterocycles. The first kappa shape index (κ1) is 18.2. The minimum absolute atomic E-state index is 0.0239. The van der Waals surface area contributed by atoms with Crippen LogP contribution in [0.25, 0.3) is 0 Å². The third-order valence-electron chi connectivity index (χ3n) is 3.79. The molecule has 1 N–H and O–H groups in total. The number of carbonyl (C=O) groups is 2. The van der Waals surface area contributed by atoms with Crippen LogP contribution in [0, 0.1) is 5.82 Å². The van der Waals surface area contributed by atoms with E-state index in [-0.39, 0.29) is 24.1 Å². The first-order valence-electron chi connectivity index (χ1n) is 8.17. The fourth-order valence-electron chi connectivity index (χ4n) is 2.44. The molecule has 1 aliphatic heterocycles. The number of thioether (sulfide) groups is 1. The van der Waals surface area contributed by atoms with E-state index >= 15 is 0 Å². The number of nitrogens with one attached hydrogen (secondary N) is 1. The number of rotatable bonds is 7. The zero-order valence-corrected chi connectivity index (χ0v) is 14.8. The zero-order chi connectivity index (χ0) is 18.4. The van der Waals surface area contributed by atoms with Gasteiger partial charge in [-0.05, 0) is 18.2 Å². The predicted molar refractivity (Wildman–Crippen MR) is 96.6 cm³/mol. The van der Waals surface area contributed by atoms with Crippen LogP contribution >= 0.6 is 11.8 Å². The van der Waals surface area contributed by atoms with Gasteiger partial charge < -0.3 is 15.0 Å². The Bertz CT molecular complexity index is 803. The number of pyridine rings is 1. The average Bonchev–Trinajstić information content (AvgIpc) is 3.04. The van der Waals surface area contributed by atoms with Crippen molar-refractivity contribution in [3.05, 3.63) is 54.0 Å². The van der Waals surface area contributed by atoms with Crippen LogP contribution in [0.2, 0.25) is 0 Å². The van der Waals surface area contributed by atoms with Crippen molar-refractivity contribution in [2.45, 2.75) is 13.0 Å². The summed E-state index contributed by atoms with van der Waals surface area (Å²) >= 11 is 1.27. The first-order valence-corrected chi connectivity index (χ1v) is 9.16. The van der Waals surface area contributed by atoms with Crippen molar-refractivity contribution in [2.75, 3.05) is 18.8 Å². The molecule has 1 aromatic carbocycles. The molecule has 0 spiro atoms. The minimum Gasteiger partial charge on any atom is -0.439 e. The van der Waals surface area contributed by atoms with Crippen LogP contribution in [-0.4, -0.2) is 39.9 Å². The lowest BCUT2D eigenvalue weighted by Gasteiger charge is -2.14. The third kappa shape index (κ3) is 4.95. The van der Waals surface area contributed by atoms with E-state index in [1.165, 1.54) is 23.9 Å². The van der Waals surface area contributed by atoms with E-state index in [0.717, 1.165) is 5.75 Å². The molecule has 0 aliphatic carbocycles. The van der Waals surface area contributed by atoms with Crippen molar-refractivity contribution in [3.8, 4) is 11.6 Å². The van der Waals surface area contributed by atoms with E-state index in [2.05, 4.69) is 10.3 Å². The average molecular weight is 375 g/mol. The Balaban J connectivity index is 1.54. The van der Waals surface area contributed by atoms with Crippen molar-refractivity contribution in [3.63, 3.8) is 0 Å². The van der Waals surface area contributed by atoms with Crippen LogP contribution < -0.4 is 10.1 Å². The highest BCUT2D eigenvalue weighted by Gasteiger charge is 2.21. The maximum atomic E-state index is 13.3. The Morgan fingerprint density at radius 2 is 2.23 bits per heavy atom. The van der Waals surface area contributed by atoms with Gasteiger partial charge >= 0.3 is 0 Å². The molecular weight excluding hydrogens is 357 g/mol. The quantitative estimate of drug-likeness (QED) is 0.805. The summed E-state index contributed by atoms with van der Waals surface area (Å²) in [5, 5.41) is 2.82. The summed E-state index contributed by atoms with van der Waals surface area (Å²) in [5.41, 5.74) is 0.679. The van der Waals surface area contributed by atoms with Gasteiger partial charge in [0.1, 0.15) is 11.6 Å². The SMILES string of the molecule is O=C(CCN1CCSC1=O)NCc1cccnc1Oc1cccc(F)c1. The molecule has 1 aromatic heterocycles. The third-order valence-corrected chi connectivity index (χ3v) is 4.68. The van der Waals surface area contributed by atoms with E-state index in [4.69, 9.17) is 4.74 Å². The Hall–Kier alpha value is -2.61. The largest absolute Gasteiger partial charge is 0.439 e. The molecule has 1 saturated heterocycles. The van der Waals surface area contributed by atoms with Gasteiger partial charge in [0.2, 0.25) is 11.8 Å². The van der Waals surface area contributed by atoms with Gasteiger partial charge in [-0.25, -0.2) is 9.37 Å². The Kier molecular flexibility index (Phi) is 6.06. The predicted octanol–water partition coefficient (Wildman–Crippen LogP) is 3.19. The monoisotopic (exact) mass is 375 g/mol. The molecule has 0 bridgehead atoms. The fourth-order valence-corrected chi connectivity index (χ4v) is 3.29. The molecule has 0 radical (unpaired) electrons. The highest BCUT2D eigenvalue weighted by atomic mass is 32.2. The number of hydrogen-bond acceptors (Lipinski definition) is 5. The molecule has 2 aromatic rings. The van der Waals surface area contributed by atoms with Crippen LogP contribution in [0.1, 0.15) is 12.0 Å². The highest BCUT2D eigenvalue weighted by molar-refractivity contribution is 8.13.